The maximum Gasteiger partial charge on any atom is 0.212 e. The van der Waals surface area contributed by atoms with Crippen LogP contribution in [0.2, 0.25) is 5.02 Å². The average molecular weight is 324 g/mol. The molecular formula is C13H19Cl2NO2S. The van der Waals surface area contributed by atoms with Crippen LogP contribution in [0.25, 0.3) is 0 Å². The van der Waals surface area contributed by atoms with Gasteiger partial charge in [0.15, 0.2) is 0 Å². The van der Waals surface area contributed by atoms with E-state index in [0.717, 1.165) is 5.56 Å². The van der Waals surface area contributed by atoms with Gasteiger partial charge in [-0.1, -0.05) is 36.7 Å². The van der Waals surface area contributed by atoms with Crippen LogP contribution < -0.4 is 4.72 Å². The van der Waals surface area contributed by atoms with Crippen LogP contribution in [0, 0.1) is 5.92 Å². The number of alkyl halides is 1. The Morgan fingerprint density at radius 2 is 1.89 bits per heavy atom. The van der Waals surface area contributed by atoms with Crippen molar-refractivity contribution in [2.24, 2.45) is 5.92 Å². The van der Waals surface area contributed by atoms with Gasteiger partial charge < -0.3 is 0 Å². The van der Waals surface area contributed by atoms with Gasteiger partial charge in [-0.2, -0.15) is 0 Å². The molecule has 0 spiro atoms. The molecule has 6 heteroatoms. The molecule has 0 amide bonds. The molecule has 1 N–H and O–H groups in total. The molecule has 1 aromatic rings. The van der Waals surface area contributed by atoms with Crippen molar-refractivity contribution >= 4 is 33.2 Å². The van der Waals surface area contributed by atoms with Crippen molar-refractivity contribution in [2.75, 3.05) is 11.6 Å². The lowest BCUT2D eigenvalue weighted by atomic mass is 10.1. The van der Waals surface area contributed by atoms with E-state index in [4.69, 9.17) is 23.2 Å². The average Bonchev–Trinajstić information content (AvgIpc) is 2.30. The zero-order valence-electron chi connectivity index (χ0n) is 11.1. The van der Waals surface area contributed by atoms with E-state index >= 15 is 0 Å². The third-order valence-corrected chi connectivity index (χ3v) is 5.30. The van der Waals surface area contributed by atoms with E-state index in [1.54, 1.807) is 6.07 Å². The molecule has 0 aromatic heterocycles. The van der Waals surface area contributed by atoms with E-state index in [0.29, 0.717) is 17.3 Å². The summed E-state index contributed by atoms with van der Waals surface area (Å²) in [5.74, 6) is 0.315. The van der Waals surface area contributed by atoms with Crippen molar-refractivity contribution in [1.82, 2.24) is 4.72 Å². The first-order valence-electron chi connectivity index (χ1n) is 6.13. The second kappa shape index (κ2) is 7.48. The van der Waals surface area contributed by atoms with E-state index < -0.39 is 10.0 Å². The summed E-state index contributed by atoms with van der Waals surface area (Å²) in [4.78, 5) is 0. The minimum absolute atomic E-state index is 0.0450. The topological polar surface area (TPSA) is 46.2 Å². The largest absolute Gasteiger partial charge is 0.212 e. The van der Waals surface area contributed by atoms with Gasteiger partial charge in [0.2, 0.25) is 10.0 Å². The molecule has 0 aliphatic rings. The first kappa shape index (κ1) is 16.8. The summed E-state index contributed by atoms with van der Waals surface area (Å²) >= 11 is 11.7. The van der Waals surface area contributed by atoms with Crippen molar-refractivity contribution in [3.05, 3.63) is 34.9 Å². The molecule has 2 atom stereocenters. The van der Waals surface area contributed by atoms with E-state index in [9.17, 15) is 8.42 Å². The molecule has 0 bridgehead atoms. The standard InChI is InChI=1S/C13H19Cl2NO2S/c1-10(8-14)9-19(17,18)16-11(2)7-12-5-3-4-6-13(12)15/h3-6,10-11,16H,7-9H2,1-2H3. The fraction of sp³-hybridized carbons (Fsp3) is 0.538. The Labute approximate surface area is 125 Å². The van der Waals surface area contributed by atoms with Crippen LogP contribution in [0.15, 0.2) is 24.3 Å². The summed E-state index contributed by atoms with van der Waals surface area (Å²) in [5, 5.41) is 0.655. The first-order chi connectivity index (χ1) is 8.84. The Bertz CT molecular complexity index is 505. The Morgan fingerprint density at radius 3 is 2.47 bits per heavy atom. The monoisotopic (exact) mass is 323 g/mol. The normalized spacial score (nSPS) is 15.2. The number of sulfonamides is 1. The molecule has 3 nitrogen and oxygen atoms in total. The smallest absolute Gasteiger partial charge is 0.212 e. The molecule has 0 saturated carbocycles. The van der Waals surface area contributed by atoms with Gasteiger partial charge in [-0.25, -0.2) is 13.1 Å². The molecule has 19 heavy (non-hydrogen) atoms. The summed E-state index contributed by atoms with van der Waals surface area (Å²) < 4.78 is 26.4. The molecule has 1 rings (SSSR count). The number of hydrogen-bond acceptors (Lipinski definition) is 2. The van der Waals surface area contributed by atoms with Crippen LogP contribution in [0.4, 0.5) is 0 Å². The minimum Gasteiger partial charge on any atom is -0.212 e. The molecule has 2 unspecified atom stereocenters. The Morgan fingerprint density at radius 1 is 1.26 bits per heavy atom. The summed E-state index contributed by atoms with van der Waals surface area (Å²) in [6.45, 7) is 3.64. The maximum atomic E-state index is 11.9. The second-order valence-electron chi connectivity index (χ2n) is 4.86. The van der Waals surface area contributed by atoms with Crippen LogP contribution in [-0.2, 0) is 16.4 Å². The van der Waals surface area contributed by atoms with Gasteiger partial charge in [0.1, 0.15) is 0 Å². The molecule has 0 saturated heterocycles. The lowest BCUT2D eigenvalue weighted by molar-refractivity contribution is 0.549. The van der Waals surface area contributed by atoms with Crippen LogP contribution in [-0.4, -0.2) is 26.1 Å². The SMILES string of the molecule is CC(CCl)CS(=O)(=O)NC(C)Cc1ccccc1Cl. The summed E-state index contributed by atoms with van der Waals surface area (Å²) in [6.07, 6.45) is 0.564. The van der Waals surface area contributed by atoms with Gasteiger partial charge in [0, 0.05) is 16.9 Å². The highest BCUT2D eigenvalue weighted by Crippen LogP contribution is 2.17. The van der Waals surface area contributed by atoms with Gasteiger partial charge in [-0.15, -0.1) is 11.6 Å². The Kier molecular flexibility index (Phi) is 6.60. The first-order valence-corrected chi connectivity index (χ1v) is 8.70. The highest BCUT2D eigenvalue weighted by Gasteiger charge is 2.18. The zero-order chi connectivity index (χ0) is 14.5. The molecule has 0 radical (unpaired) electrons. The van der Waals surface area contributed by atoms with E-state index in [1.807, 2.05) is 32.0 Å². The van der Waals surface area contributed by atoms with Crippen LogP contribution in [0.1, 0.15) is 19.4 Å². The van der Waals surface area contributed by atoms with Crippen molar-refractivity contribution < 1.29 is 8.42 Å². The molecular weight excluding hydrogens is 305 g/mol. The molecule has 1 aromatic carbocycles. The van der Waals surface area contributed by atoms with Crippen molar-refractivity contribution in [1.29, 1.82) is 0 Å². The van der Waals surface area contributed by atoms with Crippen molar-refractivity contribution in [3.8, 4) is 0 Å². The number of benzene rings is 1. The van der Waals surface area contributed by atoms with Gasteiger partial charge >= 0.3 is 0 Å². The third kappa shape index (κ3) is 6.13. The Hall–Kier alpha value is -0.290. The van der Waals surface area contributed by atoms with Gasteiger partial charge in [0.05, 0.1) is 5.75 Å². The number of rotatable bonds is 7. The van der Waals surface area contributed by atoms with Gasteiger partial charge in [0.25, 0.3) is 0 Å². The van der Waals surface area contributed by atoms with Crippen LogP contribution in [0.5, 0.6) is 0 Å². The predicted molar refractivity (Wildman–Crippen MR) is 81.4 cm³/mol. The number of nitrogens with one attached hydrogen (secondary N) is 1. The lowest BCUT2D eigenvalue weighted by Crippen LogP contribution is -2.37. The van der Waals surface area contributed by atoms with Crippen molar-refractivity contribution in [3.63, 3.8) is 0 Å². The third-order valence-electron chi connectivity index (χ3n) is 2.63. The van der Waals surface area contributed by atoms with E-state index in [2.05, 4.69) is 4.72 Å². The molecule has 0 aliphatic heterocycles. The van der Waals surface area contributed by atoms with E-state index in [-0.39, 0.29) is 17.7 Å². The van der Waals surface area contributed by atoms with Crippen molar-refractivity contribution in [2.45, 2.75) is 26.3 Å². The molecule has 0 fully saturated rings. The highest BCUT2D eigenvalue weighted by molar-refractivity contribution is 7.89. The quantitative estimate of drug-likeness (QED) is 0.784. The summed E-state index contributed by atoms with van der Waals surface area (Å²) in [7, 11) is -3.30. The number of halogens is 2. The van der Waals surface area contributed by atoms with Crippen LogP contribution in [0.3, 0.4) is 0 Å². The van der Waals surface area contributed by atoms with Gasteiger partial charge in [-0.3, -0.25) is 0 Å². The zero-order valence-corrected chi connectivity index (χ0v) is 13.4. The lowest BCUT2D eigenvalue weighted by Gasteiger charge is -2.16. The number of hydrogen-bond donors (Lipinski definition) is 1. The Balaban J connectivity index is 2.60. The summed E-state index contributed by atoms with van der Waals surface area (Å²) in [5.41, 5.74) is 0.935. The second-order valence-corrected chi connectivity index (χ2v) is 7.37. The molecule has 108 valence electrons. The van der Waals surface area contributed by atoms with Gasteiger partial charge in [-0.05, 0) is 30.9 Å². The predicted octanol–water partition coefficient (Wildman–Crippen LogP) is 3.07. The minimum atomic E-state index is -3.30. The molecule has 0 heterocycles. The fourth-order valence-corrected chi connectivity index (χ4v) is 3.92. The maximum absolute atomic E-state index is 11.9. The summed E-state index contributed by atoms with van der Waals surface area (Å²) in [6, 6.07) is 7.23. The fourth-order valence-electron chi connectivity index (χ4n) is 1.81. The van der Waals surface area contributed by atoms with Crippen LogP contribution >= 0.6 is 23.2 Å². The van der Waals surface area contributed by atoms with E-state index in [1.165, 1.54) is 0 Å². The molecule has 0 aliphatic carbocycles. The highest BCUT2D eigenvalue weighted by atomic mass is 35.5.